The van der Waals surface area contributed by atoms with Crippen LogP contribution in [0.4, 0.5) is 5.69 Å². The van der Waals surface area contributed by atoms with Gasteiger partial charge in [-0.15, -0.1) is 0 Å². The van der Waals surface area contributed by atoms with Crippen LogP contribution in [0.5, 0.6) is 0 Å². The molecule has 2 heterocycles. The molecule has 69 valence electrons. The Morgan fingerprint density at radius 2 is 2.46 bits per heavy atom. The summed E-state index contributed by atoms with van der Waals surface area (Å²) < 4.78 is 5.55. The van der Waals surface area contributed by atoms with Crippen LogP contribution in [0.25, 0.3) is 0 Å². The molecule has 1 aromatic heterocycles. The lowest BCUT2D eigenvalue weighted by atomic mass is 10.1. The largest absolute Gasteiger partial charge is 0.396 e. The van der Waals surface area contributed by atoms with Crippen molar-refractivity contribution in [2.24, 2.45) is 0 Å². The standard InChI is InChI=1S/C9H12N3O/c10-7-5-11-6-12-9(7)8-3-1-2-4-13-8/h5,8H,1-4,10H2. The maximum absolute atomic E-state index is 5.73. The first-order valence-corrected chi connectivity index (χ1v) is 4.48. The molecule has 0 aromatic carbocycles. The molecule has 1 aromatic rings. The van der Waals surface area contributed by atoms with Crippen LogP contribution in [0.1, 0.15) is 31.1 Å². The molecule has 1 atom stereocenters. The Labute approximate surface area is 77.1 Å². The molecule has 0 amide bonds. The number of aromatic nitrogens is 2. The van der Waals surface area contributed by atoms with Gasteiger partial charge in [-0.05, 0) is 19.3 Å². The van der Waals surface area contributed by atoms with E-state index in [-0.39, 0.29) is 6.10 Å². The van der Waals surface area contributed by atoms with Gasteiger partial charge in [0, 0.05) is 6.61 Å². The zero-order chi connectivity index (χ0) is 9.10. The summed E-state index contributed by atoms with van der Waals surface area (Å²) in [6.07, 6.45) is 7.46. The van der Waals surface area contributed by atoms with Gasteiger partial charge in [0.25, 0.3) is 0 Å². The molecule has 2 rings (SSSR count). The van der Waals surface area contributed by atoms with Gasteiger partial charge in [-0.3, -0.25) is 0 Å². The number of rotatable bonds is 1. The van der Waals surface area contributed by atoms with Gasteiger partial charge in [-0.25, -0.2) is 9.97 Å². The molecule has 13 heavy (non-hydrogen) atoms. The summed E-state index contributed by atoms with van der Waals surface area (Å²) in [5.41, 5.74) is 7.12. The van der Waals surface area contributed by atoms with E-state index in [1.54, 1.807) is 6.20 Å². The van der Waals surface area contributed by atoms with Gasteiger partial charge in [-0.1, -0.05) is 0 Å². The van der Waals surface area contributed by atoms with Gasteiger partial charge >= 0.3 is 0 Å². The summed E-state index contributed by atoms with van der Waals surface area (Å²) in [7, 11) is 0. The van der Waals surface area contributed by atoms with Crippen LogP contribution in [-0.2, 0) is 4.74 Å². The second-order valence-electron chi connectivity index (χ2n) is 3.17. The SMILES string of the molecule is Nc1cn[c]nc1C1CCCCO1. The number of nitrogens with zero attached hydrogens (tertiary/aromatic N) is 2. The maximum atomic E-state index is 5.73. The minimum atomic E-state index is 0.0491. The van der Waals surface area contributed by atoms with Gasteiger partial charge in [0.1, 0.15) is 6.10 Å². The van der Waals surface area contributed by atoms with Crippen molar-refractivity contribution >= 4 is 5.69 Å². The highest BCUT2D eigenvalue weighted by Gasteiger charge is 2.19. The topological polar surface area (TPSA) is 61.0 Å². The van der Waals surface area contributed by atoms with E-state index in [4.69, 9.17) is 10.5 Å². The van der Waals surface area contributed by atoms with Crippen molar-refractivity contribution < 1.29 is 4.74 Å². The third kappa shape index (κ3) is 1.78. The molecule has 0 bridgehead atoms. The second-order valence-corrected chi connectivity index (χ2v) is 3.17. The van der Waals surface area contributed by atoms with Crippen LogP contribution in [0, 0.1) is 6.33 Å². The zero-order valence-corrected chi connectivity index (χ0v) is 7.36. The molecule has 0 spiro atoms. The Hall–Kier alpha value is -1.16. The van der Waals surface area contributed by atoms with Crippen molar-refractivity contribution in [1.29, 1.82) is 0 Å². The Balaban J connectivity index is 2.18. The van der Waals surface area contributed by atoms with E-state index >= 15 is 0 Å². The van der Waals surface area contributed by atoms with E-state index in [2.05, 4.69) is 16.3 Å². The van der Waals surface area contributed by atoms with E-state index in [9.17, 15) is 0 Å². The summed E-state index contributed by atoms with van der Waals surface area (Å²) >= 11 is 0. The molecular weight excluding hydrogens is 166 g/mol. The smallest absolute Gasteiger partial charge is 0.198 e. The highest BCUT2D eigenvalue weighted by molar-refractivity contribution is 5.40. The number of ether oxygens (including phenoxy) is 1. The molecule has 1 fully saturated rings. The molecule has 2 N–H and O–H groups in total. The minimum absolute atomic E-state index is 0.0491. The fourth-order valence-corrected chi connectivity index (χ4v) is 1.53. The van der Waals surface area contributed by atoms with Gasteiger partial charge in [0.15, 0.2) is 6.33 Å². The predicted octanol–water partition coefficient (Wildman–Crippen LogP) is 1.10. The normalized spacial score (nSPS) is 22.9. The molecule has 4 nitrogen and oxygen atoms in total. The second kappa shape index (κ2) is 3.70. The Morgan fingerprint density at radius 3 is 3.15 bits per heavy atom. The molecule has 1 unspecified atom stereocenters. The fraction of sp³-hybridized carbons (Fsp3) is 0.556. The molecule has 0 aliphatic carbocycles. The van der Waals surface area contributed by atoms with Crippen LogP contribution < -0.4 is 5.73 Å². The summed E-state index contributed by atoms with van der Waals surface area (Å²) in [6, 6.07) is 0. The van der Waals surface area contributed by atoms with Crippen molar-refractivity contribution in [3.63, 3.8) is 0 Å². The number of nitrogen functional groups attached to an aromatic ring is 1. The predicted molar refractivity (Wildman–Crippen MR) is 47.8 cm³/mol. The lowest BCUT2D eigenvalue weighted by Gasteiger charge is -2.22. The van der Waals surface area contributed by atoms with Crippen LogP contribution in [-0.4, -0.2) is 16.6 Å². The van der Waals surface area contributed by atoms with Crippen LogP contribution in [0.2, 0.25) is 0 Å². The highest BCUT2D eigenvalue weighted by atomic mass is 16.5. The van der Waals surface area contributed by atoms with Gasteiger partial charge in [-0.2, -0.15) is 0 Å². The number of nitrogens with two attached hydrogens (primary N) is 1. The minimum Gasteiger partial charge on any atom is -0.396 e. The zero-order valence-electron chi connectivity index (χ0n) is 7.36. The Morgan fingerprint density at radius 1 is 1.54 bits per heavy atom. The number of hydrogen-bond donors (Lipinski definition) is 1. The average Bonchev–Trinajstić information content (AvgIpc) is 2.20. The summed E-state index contributed by atoms with van der Waals surface area (Å²) in [4.78, 5) is 7.74. The first-order chi connectivity index (χ1) is 6.38. The first kappa shape index (κ1) is 8.44. The van der Waals surface area contributed by atoms with Crippen molar-refractivity contribution in [2.75, 3.05) is 12.3 Å². The highest BCUT2D eigenvalue weighted by Crippen LogP contribution is 2.28. The average molecular weight is 178 g/mol. The third-order valence-corrected chi connectivity index (χ3v) is 2.21. The summed E-state index contributed by atoms with van der Waals surface area (Å²) in [5.74, 6) is 0. The van der Waals surface area contributed by atoms with E-state index in [0.717, 1.165) is 25.1 Å². The summed E-state index contributed by atoms with van der Waals surface area (Å²) in [5, 5.41) is 0. The molecule has 0 saturated carbocycles. The molecule has 1 radical (unpaired) electrons. The van der Waals surface area contributed by atoms with Crippen molar-refractivity contribution in [1.82, 2.24) is 9.97 Å². The van der Waals surface area contributed by atoms with Crippen molar-refractivity contribution in [2.45, 2.75) is 25.4 Å². The monoisotopic (exact) mass is 178 g/mol. The molecule has 1 aliphatic heterocycles. The van der Waals surface area contributed by atoms with E-state index in [0.29, 0.717) is 5.69 Å². The van der Waals surface area contributed by atoms with Crippen LogP contribution in [0.15, 0.2) is 6.20 Å². The van der Waals surface area contributed by atoms with Gasteiger partial charge < -0.3 is 10.5 Å². The molecule has 1 saturated heterocycles. The third-order valence-electron chi connectivity index (χ3n) is 2.21. The van der Waals surface area contributed by atoms with E-state index in [1.807, 2.05) is 0 Å². The van der Waals surface area contributed by atoms with Gasteiger partial charge in [0.05, 0.1) is 17.6 Å². The quantitative estimate of drug-likeness (QED) is 0.699. The molecular formula is C9H12N3O. The van der Waals surface area contributed by atoms with Gasteiger partial charge in [0.2, 0.25) is 0 Å². The maximum Gasteiger partial charge on any atom is 0.198 e. The summed E-state index contributed by atoms with van der Waals surface area (Å²) in [6.45, 7) is 0.800. The van der Waals surface area contributed by atoms with Crippen LogP contribution in [0.3, 0.4) is 0 Å². The van der Waals surface area contributed by atoms with Crippen LogP contribution >= 0.6 is 0 Å². The first-order valence-electron chi connectivity index (χ1n) is 4.48. The fourth-order valence-electron chi connectivity index (χ4n) is 1.53. The number of hydrogen-bond acceptors (Lipinski definition) is 4. The number of anilines is 1. The van der Waals surface area contributed by atoms with E-state index in [1.165, 1.54) is 6.42 Å². The Kier molecular flexibility index (Phi) is 2.40. The van der Waals surface area contributed by atoms with Crippen molar-refractivity contribution in [3.05, 3.63) is 18.2 Å². The lowest BCUT2D eigenvalue weighted by Crippen LogP contribution is -2.14. The molecule has 4 heteroatoms. The van der Waals surface area contributed by atoms with Crippen molar-refractivity contribution in [3.8, 4) is 0 Å². The van der Waals surface area contributed by atoms with E-state index < -0.39 is 0 Å². The molecule has 1 aliphatic rings. The lowest BCUT2D eigenvalue weighted by molar-refractivity contribution is 0.0127. The Bertz CT molecular complexity index is 284.